The summed E-state index contributed by atoms with van der Waals surface area (Å²) in [6, 6.07) is 0. The summed E-state index contributed by atoms with van der Waals surface area (Å²) in [5.41, 5.74) is 7.00. The molecule has 1 fully saturated rings. The molecule has 0 unspecified atom stereocenters. The lowest BCUT2D eigenvalue weighted by molar-refractivity contribution is -0.114. The van der Waals surface area contributed by atoms with Crippen molar-refractivity contribution in [3.8, 4) is 0 Å². The van der Waals surface area contributed by atoms with Crippen molar-refractivity contribution >= 4 is 5.78 Å². The lowest BCUT2D eigenvalue weighted by Gasteiger charge is -2.02. The topological polar surface area (TPSA) is 52.3 Å². The number of rotatable bonds is 2. The molecule has 11 heavy (non-hydrogen) atoms. The van der Waals surface area contributed by atoms with Crippen molar-refractivity contribution in [3.63, 3.8) is 0 Å². The van der Waals surface area contributed by atoms with E-state index in [1.807, 2.05) is 0 Å². The zero-order valence-corrected chi connectivity index (χ0v) is 6.72. The molecule has 0 aliphatic heterocycles. The molecule has 1 aliphatic carbocycles. The van der Waals surface area contributed by atoms with Crippen molar-refractivity contribution in [3.05, 3.63) is 11.3 Å². The Balaban J connectivity index is 2.68. The summed E-state index contributed by atoms with van der Waals surface area (Å²) in [5.74, 6) is 0.194. The molecule has 1 saturated carbocycles. The van der Waals surface area contributed by atoms with Gasteiger partial charge in [-0.3, -0.25) is 4.79 Å². The molecule has 0 amide bonds. The third-order valence-corrected chi connectivity index (χ3v) is 1.85. The van der Waals surface area contributed by atoms with E-state index in [1.165, 1.54) is 0 Å². The maximum absolute atomic E-state index is 11.1. The van der Waals surface area contributed by atoms with E-state index in [-0.39, 0.29) is 5.78 Å². The van der Waals surface area contributed by atoms with Crippen LogP contribution in [0, 0.1) is 0 Å². The second kappa shape index (κ2) is 3.53. The van der Waals surface area contributed by atoms with Crippen molar-refractivity contribution in [2.24, 2.45) is 5.73 Å². The molecule has 0 aromatic rings. The molecule has 0 aromatic heterocycles. The van der Waals surface area contributed by atoms with Crippen LogP contribution in [0.3, 0.4) is 0 Å². The molecule has 0 spiro atoms. The highest BCUT2D eigenvalue weighted by Crippen LogP contribution is 2.21. The van der Waals surface area contributed by atoms with E-state index in [0.29, 0.717) is 18.7 Å². The SMILES string of the molecule is COC/C(N)=C1\CCCC1=O. The highest BCUT2D eigenvalue weighted by molar-refractivity contribution is 5.97. The second-order valence-corrected chi connectivity index (χ2v) is 2.71. The van der Waals surface area contributed by atoms with Crippen LogP contribution in [0.5, 0.6) is 0 Å². The van der Waals surface area contributed by atoms with E-state index in [0.717, 1.165) is 18.4 Å². The Hall–Kier alpha value is -0.830. The van der Waals surface area contributed by atoms with Gasteiger partial charge in [-0.25, -0.2) is 0 Å². The fourth-order valence-corrected chi connectivity index (χ4v) is 1.30. The number of carbonyl (C=O) groups is 1. The maximum Gasteiger partial charge on any atom is 0.160 e. The van der Waals surface area contributed by atoms with Gasteiger partial charge in [0.1, 0.15) is 0 Å². The monoisotopic (exact) mass is 155 g/mol. The number of hydrogen-bond donors (Lipinski definition) is 1. The van der Waals surface area contributed by atoms with E-state index < -0.39 is 0 Å². The third-order valence-electron chi connectivity index (χ3n) is 1.85. The number of Topliss-reactive ketones (excluding diaryl/α,β-unsaturated/α-hetero) is 1. The molecule has 0 bridgehead atoms. The number of methoxy groups -OCH3 is 1. The summed E-state index contributed by atoms with van der Waals surface area (Å²) >= 11 is 0. The van der Waals surface area contributed by atoms with E-state index >= 15 is 0 Å². The number of nitrogens with two attached hydrogens (primary N) is 1. The first-order valence-electron chi connectivity index (χ1n) is 3.75. The first kappa shape index (κ1) is 8.27. The summed E-state index contributed by atoms with van der Waals surface area (Å²) in [6.45, 7) is 0.376. The van der Waals surface area contributed by atoms with Gasteiger partial charge in [-0.1, -0.05) is 0 Å². The Morgan fingerprint density at radius 2 is 2.36 bits per heavy atom. The summed E-state index contributed by atoms with van der Waals surface area (Å²) in [4.78, 5) is 11.1. The van der Waals surface area contributed by atoms with Gasteiger partial charge in [0.05, 0.1) is 6.61 Å². The van der Waals surface area contributed by atoms with Crippen molar-refractivity contribution in [1.82, 2.24) is 0 Å². The second-order valence-electron chi connectivity index (χ2n) is 2.71. The van der Waals surface area contributed by atoms with Crippen LogP contribution >= 0.6 is 0 Å². The van der Waals surface area contributed by atoms with Gasteiger partial charge >= 0.3 is 0 Å². The van der Waals surface area contributed by atoms with Gasteiger partial charge in [0.2, 0.25) is 0 Å². The van der Waals surface area contributed by atoms with Crippen LogP contribution in [0.1, 0.15) is 19.3 Å². The Morgan fingerprint density at radius 3 is 2.82 bits per heavy atom. The summed E-state index contributed by atoms with van der Waals surface area (Å²) in [6.07, 6.45) is 2.42. The minimum atomic E-state index is 0.194. The first-order chi connectivity index (χ1) is 5.25. The quantitative estimate of drug-likeness (QED) is 0.594. The fourth-order valence-electron chi connectivity index (χ4n) is 1.30. The van der Waals surface area contributed by atoms with Gasteiger partial charge in [-0.15, -0.1) is 0 Å². The average molecular weight is 155 g/mol. The molecular weight excluding hydrogens is 142 g/mol. The van der Waals surface area contributed by atoms with Crippen LogP contribution in [-0.2, 0) is 9.53 Å². The summed E-state index contributed by atoms with van der Waals surface area (Å²) in [5, 5.41) is 0. The average Bonchev–Trinajstić information content (AvgIpc) is 2.36. The van der Waals surface area contributed by atoms with E-state index in [4.69, 9.17) is 10.5 Å². The number of allylic oxidation sites excluding steroid dienone is 1. The highest BCUT2D eigenvalue weighted by Gasteiger charge is 2.19. The lowest BCUT2D eigenvalue weighted by atomic mass is 10.2. The highest BCUT2D eigenvalue weighted by atomic mass is 16.5. The molecule has 62 valence electrons. The standard InChI is InChI=1S/C8H13NO2/c1-11-5-7(9)6-3-2-4-8(6)10/h2-5,9H2,1H3/b7-6-. The van der Waals surface area contributed by atoms with Crippen LogP contribution in [-0.4, -0.2) is 19.5 Å². The summed E-state index contributed by atoms with van der Waals surface area (Å²) < 4.78 is 4.83. The predicted molar refractivity (Wildman–Crippen MR) is 41.9 cm³/mol. The Labute approximate surface area is 66.2 Å². The van der Waals surface area contributed by atoms with Gasteiger partial charge in [0.25, 0.3) is 0 Å². The third kappa shape index (κ3) is 1.80. The minimum absolute atomic E-state index is 0.194. The number of ketones is 1. The van der Waals surface area contributed by atoms with Crippen LogP contribution in [0.25, 0.3) is 0 Å². The number of hydrogen-bond acceptors (Lipinski definition) is 3. The van der Waals surface area contributed by atoms with Gasteiger partial charge in [-0.05, 0) is 12.8 Å². The first-order valence-corrected chi connectivity index (χ1v) is 3.75. The fraction of sp³-hybridized carbons (Fsp3) is 0.625. The van der Waals surface area contributed by atoms with E-state index in [1.54, 1.807) is 7.11 Å². The molecule has 0 aromatic carbocycles. The molecule has 0 saturated heterocycles. The minimum Gasteiger partial charge on any atom is -0.400 e. The molecule has 2 N–H and O–H groups in total. The molecule has 1 aliphatic rings. The molecule has 3 nitrogen and oxygen atoms in total. The van der Waals surface area contributed by atoms with Gasteiger partial charge in [-0.2, -0.15) is 0 Å². The van der Waals surface area contributed by atoms with Crippen molar-refractivity contribution in [1.29, 1.82) is 0 Å². The van der Waals surface area contributed by atoms with Gasteiger partial charge < -0.3 is 10.5 Å². The zero-order chi connectivity index (χ0) is 8.27. The van der Waals surface area contributed by atoms with Crippen LogP contribution in [0.15, 0.2) is 11.3 Å². The number of ether oxygens (including phenoxy) is 1. The molecule has 0 heterocycles. The molecule has 0 atom stereocenters. The van der Waals surface area contributed by atoms with Crippen molar-refractivity contribution in [2.75, 3.05) is 13.7 Å². The molecule has 1 rings (SSSR count). The smallest absolute Gasteiger partial charge is 0.160 e. The van der Waals surface area contributed by atoms with E-state index in [2.05, 4.69) is 0 Å². The summed E-state index contributed by atoms with van der Waals surface area (Å²) in [7, 11) is 1.58. The van der Waals surface area contributed by atoms with Gasteiger partial charge in [0.15, 0.2) is 5.78 Å². The Morgan fingerprint density at radius 1 is 1.64 bits per heavy atom. The normalized spacial score (nSPS) is 22.5. The van der Waals surface area contributed by atoms with Crippen LogP contribution in [0.4, 0.5) is 0 Å². The maximum atomic E-state index is 11.1. The lowest BCUT2D eigenvalue weighted by Crippen LogP contribution is -2.11. The number of carbonyl (C=O) groups excluding carboxylic acids is 1. The Bertz CT molecular complexity index is 196. The largest absolute Gasteiger partial charge is 0.400 e. The van der Waals surface area contributed by atoms with Crippen molar-refractivity contribution < 1.29 is 9.53 Å². The molecular formula is C8H13NO2. The van der Waals surface area contributed by atoms with E-state index in [9.17, 15) is 4.79 Å². The predicted octanol–water partition coefficient (Wildman–Crippen LogP) is 0.599. The zero-order valence-electron chi connectivity index (χ0n) is 6.72. The Kier molecular flexibility index (Phi) is 2.65. The van der Waals surface area contributed by atoms with Gasteiger partial charge in [0, 0.05) is 24.8 Å². The van der Waals surface area contributed by atoms with Crippen LogP contribution in [0.2, 0.25) is 0 Å². The van der Waals surface area contributed by atoms with Crippen molar-refractivity contribution in [2.45, 2.75) is 19.3 Å². The molecule has 3 heteroatoms. The molecule has 0 radical (unpaired) electrons. The van der Waals surface area contributed by atoms with Crippen LogP contribution < -0.4 is 5.73 Å².